The lowest BCUT2D eigenvalue weighted by atomic mass is 9.97. The van der Waals surface area contributed by atoms with Gasteiger partial charge in [0.1, 0.15) is 10.9 Å². The lowest BCUT2D eigenvalue weighted by molar-refractivity contribution is 0.155. The molecule has 0 unspecified atom stereocenters. The summed E-state index contributed by atoms with van der Waals surface area (Å²) in [6.45, 7) is 0.248. The molecule has 2 heterocycles. The Morgan fingerprint density at radius 2 is 1.85 bits per heavy atom. The van der Waals surface area contributed by atoms with E-state index in [1.54, 1.807) is 11.1 Å². The number of allylic oxidation sites excluding steroid dienone is 1. The molecule has 0 aromatic heterocycles. The standard InChI is InChI=1S/C18H20ClN3O3S/c19-17-12-16(18-21-26(23,24)11-10-22(18)20-17)13-6-8-15(9-7-13)25-14-4-2-1-3-5-14/h6-9,12,14H,1-5,10-11H2. The van der Waals surface area contributed by atoms with Crippen LogP contribution in [0, 0.1) is 0 Å². The second-order valence-corrected chi connectivity index (χ2v) is 8.85. The first-order valence-corrected chi connectivity index (χ1v) is 10.8. The summed E-state index contributed by atoms with van der Waals surface area (Å²) in [5.74, 6) is 1.08. The molecule has 0 spiro atoms. The zero-order chi connectivity index (χ0) is 18.1. The van der Waals surface area contributed by atoms with Crippen molar-refractivity contribution in [2.24, 2.45) is 9.50 Å². The second kappa shape index (κ2) is 7.04. The molecule has 0 amide bonds. The van der Waals surface area contributed by atoms with Crippen LogP contribution in [0.4, 0.5) is 0 Å². The predicted molar refractivity (Wildman–Crippen MR) is 103 cm³/mol. The second-order valence-electron chi connectivity index (χ2n) is 6.71. The molecule has 8 heteroatoms. The number of halogens is 1. The lowest BCUT2D eigenvalue weighted by Gasteiger charge is -2.28. The fourth-order valence-corrected chi connectivity index (χ4v) is 4.60. The lowest BCUT2D eigenvalue weighted by Crippen LogP contribution is -2.38. The number of hydrogen-bond acceptors (Lipinski definition) is 5. The highest BCUT2D eigenvalue weighted by Gasteiger charge is 2.30. The third-order valence-corrected chi connectivity index (χ3v) is 6.11. The number of hydrazone groups is 1. The van der Waals surface area contributed by atoms with E-state index in [2.05, 4.69) is 9.50 Å². The first-order valence-electron chi connectivity index (χ1n) is 8.84. The Labute approximate surface area is 158 Å². The van der Waals surface area contributed by atoms with Crippen LogP contribution in [0.1, 0.15) is 37.7 Å². The minimum atomic E-state index is -3.47. The van der Waals surface area contributed by atoms with Gasteiger partial charge in [-0.25, -0.2) is 13.4 Å². The van der Waals surface area contributed by atoms with Crippen molar-refractivity contribution in [1.82, 2.24) is 5.01 Å². The molecule has 1 saturated carbocycles. The highest BCUT2D eigenvalue weighted by atomic mass is 35.5. The van der Waals surface area contributed by atoms with Crippen molar-refractivity contribution < 1.29 is 13.2 Å². The number of sulfonamides is 1. The maximum atomic E-state index is 11.9. The Bertz CT molecular complexity index is 885. The average molecular weight is 394 g/mol. The third kappa shape index (κ3) is 3.78. The highest BCUT2D eigenvalue weighted by Crippen LogP contribution is 2.29. The van der Waals surface area contributed by atoms with E-state index in [0.29, 0.717) is 16.6 Å². The van der Waals surface area contributed by atoms with E-state index in [0.717, 1.165) is 24.2 Å². The van der Waals surface area contributed by atoms with Crippen molar-refractivity contribution in [1.29, 1.82) is 0 Å². The van der Waals surface area contributed by atoms with Gasteiger partial charge in [-0.15, -0.1) is 4.40 Å². The van der Waals surface area contributed by atoms with E-state index in [4.69, 9.17) is 16.3 Å². The molecule has 0 atom stereocenters. The molecule has 1 aromatic carbocycles. The van der Waals surface area contributed by atoms with Crippen LogP contribution in [0.5, 0.6) is 5.75 Å². The summed E-state index contributed by atoms with van der Waals surface area (Å²) in [5.41, 5.74) is 1.48. The third-order valence-electron chi connectivity index (χ3n) is 4.77. The van der Waals surface area contributed by atoms with Crippen molar-refractivity contribution in [3.63, 3.8) is 0 Å². The molecule has 1 aliphatic carbocycles. The van der Waals surface area contributed by atoms with Gasteiger partial charge in [0, 0.05) is 5.57 Å². The minimum Gasteiger partial charge on any atom is -0.490 e. The number of nitrogens with zero attached hydrogens (tertiary/aromatic N) is 3. The van der Waals surface area contributed by atoms with E-state index in [1.165, 1.54) is 19.3 Å². The van der Waals surface area contributed by atoms with Crippen LogP contribution in [0.15, 0.2) is 39.8 Å². The smallest absolute Gasteiger partial charge is 0.256 e. The monoisotopic (exact) mass is 393 g/mol. The van der Waals surface area contributed by atoms with Gasteiger partial charge >= 0.3 is 0 Å². The van der Waals surface area contributed by atoms with Crippen LogP contribution < -0.4 is 4.74 Å². The van der Waals surface area contributed by atoms with Crippen molar-refractivity contribution in [3.8, 4) is 5.75 Å². The van der Waals surface area contributed by atoms with E-state index >= 15 is 0 Å². The molecule has 0 radical (unpaired) electrons. The zero-order valence-electron chi connectivity index (χ0n) is 14.3. The summed E-state index contributed by atoms with van der Waals surface area (Å²) in [6.07, 6.45) is 7.86. The minimum absolute atomic E-state index is 0.0639. The van der Waals surface area contributed by atoms with Gasteiger partial charge in [0.05, 0.1) is 18.4 Å². The quantitative estimate of drug-likeness (QED) is 0.789. The summed E-state index contributed by atoms with van der Waals surface area (Å²) in [4.78, 5) is 0. The van der Waals surface area contributed by atoms with Crippen molar-refractivity contribution in [2.75, 3.05) is 12.3 Å². The highest BCUT2D eigenvalue weighted by molar-refractivity contribution is 7.90. The molecular weight excluding hydrogens is 374 g/mol. The SMILES string of the molecule is O=S1(=O)CCN2N=C(Cl)C=C(c3ccc(OC4CCCCC4)cc3)C2=N1. The van der Waals surface area contributed by atoms with Gasteiger partial charge in [-0.05, 0) is 49.5 Å². The summed E-state index contributed by atoms with van der Waals surface area (Å²) in [7, 11) is -3.47. The van der Waals surface area contributed by atoms with E-state index < -0.39 is 10.0 Å². The fourth-order valence-electron chi connectivity index (χ4n) is 3.45. The summed E-state index contributed by atoms with van der Waals surface area (Å²) in [5, 5.41) is 6.01. The fraction of sp³-hybridized carbons (Fsp3) is 0.444. The molecule has 2 aliphatic heterocycles. The number of ether oxygens (including phenoxy) is 1. The van der Waals surface area contributed by atoms with Gasteiger partial charge in [-0.3, -0.25) is 0 Å². The van der Waals surface area contributed by atoms with Crippen molar-refractivity contribution >= 4 is 38.2 Å². The Morgan fingerprint density at radius 1 is 1.12 bits per heavy atom. The van der Waals surface area contributed by atoms with E-state index in [9.17, 15) is 8.42 Å². The first kappa shape index (κ1) is 17.5. The Balaban J connectivity index is 1.59. The van der Waals surface area contributed by atoms with Crippen molar-refractivity contribution in [2.45, 2.75) is 38.2 Å². The summed E-state index contributed by atoms with van der Waals surface area (Å²) in [6, 6.07) is 7.63. The summed E-state index contributed by atoms with van der Waals surface area (Å²) >= 11 is 6.12. The van der Waals surface area contributed by atoms with Gasteiger partial charge in [0.25, 0.3) is 10.0 Å². The molecular formula is C18H20ClN3O3S. The van der Waals surface area contributed by atoms with Gasteiger partial charge < -0.3 is 4.74 Å². The maximum Gasteiger partial charge on any atom is 0.256 e. The zero-order valence-corrected chi connectivity index (χ0v) is 15.8. The molecule has 1 aromatic rings. The molecule has 6 nitrogen and oxygen atoms in total. The summed E-state index contributed by atoms with van der Waals surface area (Å²) < 4.78 is 33.7. The van der Waals surface area contributed by atoms with Crippen LogP contribution >= 0.6 is 11.6 Å². The maximum absolute atomic E-state index is 11.9. The topological polar surface area (TPSA) is 71.3 Å². The first-order chi connectivity index (χ1) is 12.5. The molecule has 138 valence electrons. The number of amidine groups is 1. The number of benzene rings is 1. The molecule has 1 fully saturated rings. The Kier molecular flexibility index (Phi) is 4.75. The van der Waals surface area contributed by atoms with Crippen LogP contribution in [0.3, 0.4) is 0 Å². The van der Waals surface area contributed by atoms with Gasteiger partial charge in [0.15, 0.2) is 5.84 Å². The van der Waals surface area contributed by atoms with Crippen LogP contribution in [0.2, 0.25) is 0 Å². The van der Waals surface area contributed by atoms with Crippen LogP contribution in [0.25, 0.3) is 5.57 Å². The molecule has 26 heavy (non-hydrogen) atoms. The normalized spacial score (nSPS) is 22.8. The molecule has 0 saturated heterocycles. The predicted octanol–water partition coefficient (Wildman–Crippen LogP) is 3.39. The van der Waals surface area contributed by atoms with Crippen molar-refractivity contribution in [3.05, 3.63) is 35.9 Å². The molecule has 4 rings (SSSR count). The molecule has 0 N–H and O–H groups in total. The Morgan fingerprint density at radius 3 is 2.58 bits per heavy atom. The number of fused-ring (bicyclic) bond motifs is 1. The van der Waals surface area contributed by atoms with Crippen LogP contribution in [-0.4, -0.2) is 42.8 Å². The van der Waals surface area contributed by atoms with E-state index in [-0.39, 0.29) is 18.4 Å². The largest absolute Gasteiger partial charge is 0.490 e. The van der Waals surface area contributed by atoms with Gasteiger partial charge in [-0.2, -0.15) is 5.10 Å². The average Bonchev–Trinajstić information content (AvgIpc) is 2.63. The Hall–Kier alpha value is -1.86. The van der Waals surface area contributed by atoms with Crippen LogP contribution in [-0.2, 0) is 10.0 Å². The van der Waals surface area contributed by atoms with Gasteiger partial charge in [0.2, 0.25) is 0 Å². The molecule has 3 aliphatic rings. The number of hydrogen-bond donors (Lipinski definition) is 0. The van der Waals surface area contributed by atoms with E-state index in [1.807, 2.05) is 24.3 Å². The number of rotatable bonds is 3. The molecule has 0 bridgehead atoms. The van der Waals surface area contributed by atoms with Gasteiger partial charge in [-0.1, -0.05) is 30.2 Å².